The second-order valence-corrected chi connectivity index (χ2v) is 7.61. The summed E-state index contributed by atoms with van der Waals surface area (Å²) in [5.74, 6) is 0.467. The van der Waals surface area contributed by atoms with Crippen molar-refractivity contribution < 1.29 is 14.3 Å². The van der Waals surface area contributed by atoms with Crippen LogP contribution in [0.3, 0.4) is 0 Å². The number of fused-ring (bicyclic) bond motifs is 1. The number of ether oxygens (including phenoxy) is 1. The zero-order chi connectivity index (χ0) is 22.5. The summed E-state index contributed by atoms with van der Waals surface area (Å²) in [6.07, 6.45) is 1.42. The highest BCUT2D eigenvalue weighted by Gasteiger charge is 2.15. The van der Waals surface area contributed by atoms with Crippen LogP contribution in [0.1, 0.15) is 6.92 Å². The number of benzene rings is 2. The van der Waals surface area contributed by atoms with Crippen LogP contribution in [0.5, 0.6) is 5.75 Å². The summed E-state index contributed by atoms with van der Waals surface area (Å²) in [7, 11) is 1.60. The van der Waals surface area contributed by atoms with E-state index >= 15 is 0 Å². The molecule has 4 aromatic rings. The van der Waals surface area contributed by atoms with Crippen molar-refractivity contribution in [1.29, 1.82) is 0 Å². The van der Waals surface area contributed by atoms with Gasteiger partial charge in [0.25, 0.3) is 0 Å². The third-order valence-corrected chi connectivity index (χ3v) is 5.31. The molecule has 4 rings (SSSR count). The first kappa shape index (κ1) is 21.2. The molecule has 0 aliphatic heterocycles. The highest BCUT2D eigenvalue weighted by atomic mass is 32.2. The summed E-state index contributed by atoms with van der Waals surface area (Å²) in [6, 6.07) is 14.3. The molecule has 0 unspecified atom stereocenters. The maximum absolute atomic E-state index is 12.4. The summed E-state index contributed by atoms with van der Waals surface area (Å²) in [5, 5.41) is 14.4. The van der Waals surface area contributed by atoms with Crippen molar-refractivity contribution in [3.63, 3.8) is 0 Å². The van der Waals surface area contributed by atoms with Crippen molar-refractivity contribution in [1.82, 2.24) is 25.0 Å². The van der Waals surface area contributed by atoms with Crippen LogP contribution >= 0.6 is 11.8 Å². The van der Waals surface area contributed by atoms with E-state index in [1.165, 1.54) is 25.0 Å². The lowest BCUT2D eigenvalue weighted by Gasteiger charge is -2.07. The van der Waals surface area contributed by atoms with Gasteiger partial charge in [-0.15, -0.1) is 5.10 Å². The van der Waals surface area contributed by atoms with Crippen LogP contribution < -0.4 is 15.4 Å². The molecule has 11 heteroatoms. The molecule has 0 atom stereocenters. The van der Waals surface area contributed by atoms with Gasteiger partial charge in [0.05, 0.1) is 18.6 Å². The van der Waals surface area contributed by atoms with E-state index in [4.69, 9.17) is 4.74 Å². The minimum absolute atomic E-state index is 0.131. The molecule has 0 aliphatic carbocycles. The Bertz CT molecular complexity index is 1270. The zero-order valence-corrected chi connectivity index (χ0v) is 18.1. The fraction of sp³-hybridized carbons (Fsp3) is 0.143. The van der Waals surface area contributed by atoms with Gasteiger partial charge in [-0.05, 0) is 36.4 Å². The summed E-state index contributed by atoms with van der Waals surface area (Å²) in [5.41, 5.74) is 3.08. The standard InChI is InChI=1S/C21H19N7O3S/c1-13(29)24-14-6-8-15(9-7-14)25-18(30)11-32-21-19-20(22-12-23-21)28(27-26-19)16-4-3-5-17(10-16)31-2/h3-10,12H,11H2,1-2H3,(H,24,29)(H,25,30). The Balaban J connectivity index is 1.45. The molecule has 2 N–H and O–H groups in total. The molecular formula is C21H19N7O3S. The molecule has 2 amide bonds. The van der Waals surface area contributed by atoms with E-state index in [1.807, 2.05) is 24.3 Å². The van der Waals surface area contributed by atoms with Crippen LogP contribution in [-0.2, 0) is 9.59 Å². The number of methoxy groups -OCH3 is 1. The van der Waals surface area contributed by atoms with E-state index in [-0.39, 0.29) is 17.6 Å². The van der Waals surface area contributed by atoms with Gasteiger partial charge in [-0.2, -0.15) is 4.68 Å². The average Bonchev–Trinajstić information content (AvgIpc) is 3.23. The lowest BCUT2D eigenvalue weighted by Crippen LogP contribution is -2.14. The zero-order valence-electron chi connectivity index (χ0n) is 17.3. The predicted octanol–water partition coefficient (Wildman–Crippen LogP) is 2.91. The first-order valence-electron chi connectivity index (χ1n) is 9.54. The quantitative estimate of drug-likeness (QED) is 0.326. The SMILES string of the molecule is COc1cccc(-n2nnc3c(SCC(=O)Nc4ccc(NC(C)=O)cc4)ncnc32)c1. The molecular weight excluding hydrogens is 430 g/mol. The van der Waals surface area contributed by atoms with Gasteiger partial charge in [-0.25, -0.2) is 9.97 Å². The molecule has 0 fully saturated rings. The fourth-order valence-corrected chi connectivity index (χ4v) is 3.65. The Morgan fingerprint density at radius 2 is 1.81 bits per heavy atom. The largest absolute Gasteiger partial charge is 0.497 e. The van der Waals surface area contributed by atoms with E-state index in [1.54, 1.807) is 36.1 Å². The number of rotatable bonds is 7. The molecule has 2 aromatic carbocycles. The predicted molar refractivity (Wildman–Crippen MR) is 121 cm³/mol. The Kier molecular flexibility index (Phi) is 6.26. The molecule has 2 heterocycles. The van der Waals surface area contributed by atoms with Crippen LogP contribution in [0.4, 0.5) is 11.4 Å². The van der Waals surface area contributed by atoms with Gasteiger partial charge in [-0.3, -0.25) is 9.59 Å². The third-order valence-electron chi connectivity index (χ3n) is 4.33. The number of carbonyl (C=O) groups excluding carboxylic acids is 2. The summed E-state index contributed by atoms with van der Waals surface area (Å²) in [4.78, 5) is 32.0. The van der Waals surface area contributed by atoms with E-state index in [0.717, 1.165) is 5.69 Å². The van der Waals surface area contributed by atoms with Crippen molar-refractivity contribution >= 4 is 46.1 Å². The molecule has 0 aliphatic rings. The molecule has 0 saturated carbocycles. The van der Waals surface area contributed by atoms with Gasteiger partial charge in [0.2, 0.25) is 11.8 Å². The van der Waals surface area contributed by atoms with Gasteiger partial charge in [0.15, 0.2) is 11.2 Å². The number of hydrogen-bond acceptors (Lipinski definition) is 8. The number of nitrogens with zero attached hydrogens (tertiary/aromatic N) is 5. The Hall–Kier alpha value is -3.99. The summed E-state index contributed by atoms with van der Waals surface area (Å²) < 4.78 is 6.86. The minimum atomic E-state index is -0.200. The second-order valence-electron chi connectivity index (χ2n) is 6.65. The minimum Gasteiger partial charge on any atom is -0.497 e. The molecule has 0 saturated heterocycles. The van der Waals surface area contributed by atoms with E-state index in [9.17, 15) is 9.59 Å². The number of hydrogen-bond donors (Lipinski definition) is 2. The number of thioether (sulfide) groups is 1. The smallest absolute Gasteiger partial charge is 0.234 e. The van der Waals surface area contributed by atoms with Crippen LogP contribution in [0.15, 0.2) is 59.9 Å². The maximum atomic E-state index is 12.4. The van der Waals surface area contributed by atoms with Gasteiger partial charge >= 0.3 is 0 Å². The van der Waals surface area contributed by atoms with Gasteiger partial charge < -0.3 is 15.4 Å². The van der Waals surface area contributed by atoms with Crippen LogP contribution in [-0.4, -0.2) is 49.6 Å². The normalized spacial score (nSPS) is 10.7. The van der Waals surface area contributed by atoms with Crippen LogP contribution in [0, 0.1) is 0 Å². The molecule has 162 valence electrons. The number of anilines is 2. The lowest BCUT2D eigenvalue weighted by molar-refractivity contribution is -0.114. The van der Waals surface area contributed by atoms with Crippen LogP contribution in [0.2, 0.25) is 0 Å². The number of nitrogens with one attached hydrogen (secondary N) is 2. The van der Waals surface area contributed by atoms with Gasteiger partial charge in [-0.1, -0.05) is 23.0 Å². The first-order valence-corrected chi connectivity index (χ1v) is 10.5. The molecule has 0 spiro atoms. The molecule has 2 aromatic heterocycles. The maximum Gasteiger partial charge on any atom is 0.234 e. The Labute approximate surface area is 187 Å². The van der Waals surface area contributed by atoms with Crippen molar-refractivity contribution in [3.8, 4) is 11.4 Å². The third kappa shape index (κ3) is 4.83. The molecule has 0 radical (unpaired) electrons. The fourth-order valence-electron chi connectivity index (χ4n) is 2.92. The van der Waals surface area contributed by atoms with Crippen molar-refractivity contribution in [2.45, 2.75) is 11.9 Å². The highest BCUT2D eigenvalue weighted by Crippen LogP contribution is 2.25. The summed E-state index contributed by atoms with van der Waals surface area (Å²) in [6.45, 7) is 1.44. The van der Waals surface area contributed by atoms with Crippen molar-refractivity contribution in [2.24, 2.45) is 0 Å². The van der Waals surface area contributed by atoms with Crippen LogP contribution in [0.25, 0.3) is 16.9 Å². The lowest BCUT2D eigenvalue weighted by atomic mass is 10.3. The molecule has 32 heavy (non-hydrogen) atoms. The number of amides is 2. The monoisotopic (exact) mass is 449 g/mol. The Morgan fingerprint density at radius 3 is 2.53 bits per heavy atom. The first-order chi connectivity index (χ1) is 15.5. The van der Waals surface area contributed by atoms with Crippen molar-refractivity contribution in [3.05, 3.63) is 54.9 Å². The van der Waals surface area contributed by atoms with Gasteiger partial charge in [0, 0.05) is 24.4 Å². The Morgan fingerprint density at radius 1 is 1.06 bits per heavy atom. The topological polar surface area (TPSA) is 124 Å². The number of carbonyl (C=O) groups is 2. The summed E-state index contributed by atoms with van der Waals surface area (Å²) >= 11 is 1.24. The second kappa shape index (κ2) is 9.43. The average molecular weight is 449 g/mol. The molecule has 0 bridgehead atoms. The number of aromatic nitrogens is 5. The van der Waals surface area contributed by atoms with E-state index < -0.39 is 0 Å². The van der Waals surface area contributed by atoms with E-state index in [2.05, 4.69) is 30.9 Å². The van der Waals surface area contributed by atoms with E-state index in [0.29, 0.717) is 33.3 Å². The molecule has 10 nitrogen and oxygen atoms in total. The highest BCUT2D eigenvalue weighted by molar-refractivity contribution is 8.00. The van der Waals surface area contributed by atoms with Crippen molar-refractivity contribution in [2.75, 3.05) is 23.5 Å². The van der Waals surface area contributed by atoms with Gasteiger partial charge in [0.1, 0.15) is 17.1 Å².